The van der Waals surface area contributed by atoms with Gasteiger partial charge in [0.25, 0.3) is 11.5 Å². The van der Waals surface area contributed by atoms with Crippen LogP contribution in [-0.4, -0.2) is 20.6 Å². The van der Waals surface area contributed by atoms with Crippen molar-refractivity contribution < 1.29 is 9.90 Å². The van der Waals surface area contributed by atoms with Crippen LogP contribution in [0.4, 0.5) is 0 Å². The van der Waals surface area contributed by atoms with Gasteiger partial charge in [0.15, 0.2) is 11.4 Å². The van der Waals surface area contributed by atoms with Crippen molar-refractivity contribution >= 4 is 16.8 Å². The quantitative estimate of drug-likeness (QED) is 0.563. The average Bonchev–Trinajstić information content (AvgIpc) is 2.73. The van der Waals surface area contributed by atoms with Crippen molar-refractivity contribution in [3.8, 4) is 16.9 Å². The van der Waals surface area contributed by atoms with Crippen LogP contribution in [-0.2, 0) is 6.54 Å². The molecule has 0 aliphatic heterocycles. The summed E-state index contributed by atoms with van der Waals surface area (Å²) >= 11 is 0. The fourth-order valence-electron chi connectivity index (χ4n) is 3.55. The van der Waals surface area contributed by atoms with Crippen molar-refractivity contribution in [1.29, 1.82) is 0 Å². The van der Waals surface area contributed by atoms with Crippen LogP contribution in [0.5, 0.6) is 5.75 Å². The number of pyridine rings is 2. The highest BCUT2D eigenvalue weighted by Gasteiger charge is 2.21. The Hall–Kier alpha value is -3.93. The number of carbonyl (C=O) groups excluding carboxylic acids is 1. The number of fused-ring (bicyclic) bond motifs is 1. The number of hydrogen-bond donors (Lipinski definition) is 2. The van der Waals surface area contributed by atoms with E-state index in [0.717, 1.165) is 11.1 Å². The number of aryl methyl sites for hydroxylation is 1. The van der Waals surface area contributed by atoms with Crippen molar-refractivity contribution in [3.63, 3.8) is 0 Å². The molecule has 0 spiro atoms. The molecule has 2 heterocycles. The summed E-state index contributed by atoms with van der Waals surface area (Å²) in [6, 6.07) is 20.4. The van der Waals surface area contributed by atoms with E-state index in [2.05, 4.69) is 4.98 Å². The normalized spacial score (nSPS) is 10.9. The van der Waals surface area contributed by atoms with Crippen molar-refractivity contribution in [3.05, 3.63) is 94.0 Å². The predicted molar refractivity (Wildman–Crippen MR) is 112 cm³/mol. The van der Waals surface area contributed by atoms with E-state index in [0.29, 0.717) is 28.7 Å². The second kappa shape index (κ2) is 7.24. The first-order valence-corrected chi connectivity index (χ1v) is 9.13. The van der Waals surface area contributed by atoms with Crippen LogP contribution in [0.3, 0.4) is 0 Å². The summed E-state index contributed by atoms with van der Waals surface area (Å²) < 4.78 is 1.58. The van der Waals surface area contributed by atoms with E-state index in [1.54, 1.807) is 17.6 Å². The fraction of sp³-hybridized carbons (Fsp3) is 0.0870. The minimum absolute atomic E-state index is 0.205. The number of nitrogens with zero attached hydrogens (tertiary/aromatic N) is 2. The molecule has 3 N–H and O–H groups in total. The Balaban J connectivity index is 2.10. The molecule has 0 aliphatic rings. The summed E-state index contributed by atoms with van der Waals surface area (Å²) in [7, 11) is 0. The number of carbonyl (C=O) groups is 1. The second-order valence-corrected chi connectivity index (χ2v) is 6.82. The number of aromatic hydroxyl groups is 1. The molecule has 6 heteroatoms. The van der Waals surface area contributed by atoms with E-state index in [4.69, 9.17) is 5.73 Å². The minimum Gasteiger partial charge on any atom is -0.505 e. The smallest absolute Gasteiger partial charge is 0.271 e. The topological polar surface area (TPSA) is 98.2 Å². The summed E-state index contributed by atoms with van der Waals surface area (Å²) in [6.45, 7) is 1.99. The van der Waals surface area contributed by atoms with Gasteiger partial charge in [-0.3, -0.25) is 9.59 Å². The Morgan fingerprint density at radius 1 is 1.07 bits per heavy atom. The van der Waals surface area contributed by atoms with Gasteiger partial charge >= 0.3 is 0 Å². The Bertz CT molecular complexity index is 1280. The van der Waals surface area contributed by atoms with Crippen molar-refractivity contribution in [2.75, 3.05) is 0 Å². The van der Waals surface area contributed by atoms with Crippen molar-refractivity contribution in [2.24, 2.45) is 5.73 Å². The molecular formula is C23H19N3O3. The molecular weight excluding hydrogens is 366 g/mol. The van der Waals surface area contributed by atoms with Gasteiger partial charge in [-0.15, -0.1) is 0 Å². The molecule has 0 unspecified atom stereocenters. The van der Waals surface area contributed by atoms with Crippen LogP contribution in [0.15, 0.2) is 71.5 Å². The number of nitrogens with two attached hydrogens (primary N) is 1. The molecule has 144 valence electrons. The number of primary amides is 1. The molecule has 0 atom stereocenters. The summed E-state index contributed by atoms with van der Waals surface area (Å²) in [5.74, 6) is -1.15. The highest BCUT2D eigenvalue weighted by Crippen LogP contribution is 2.31. The summed E-state index contributed by atoms with van der Waals surface area (Å²) in [5, 5.41) is 11.1. The summed E-state index contributed by atoms with van der Waals surface area (Å²) in [4.78, 5) is 29.3. The Labute approximate surface area is 166 Å². The van der Waals surface area contributed by atoms with Gasteiger partial charge in [0.2, 0.25) is 0 Å². The largest absolute Gasteiger partial charge is 0.505 e. The van der Waals surface area contributed by atoms with Crippen molar-refractivity contribution in [2.45, 2.75) is 13.5 Å². The molecule has 2 aromatic carbocycles. The van der Waals surface area contributed by atoms with Gasteiger partial charge in [-0.05, 0) is 24.1 Å². The van der Waals surface area contributed by atoms with E-state index in [-0.39, 0.29) is 17.0 Å². The number of benzene rings is 2. The molecule has 4 rings (SSSR count). The monoisotopic (exact) mass is 385 g/mol. The van der Waals surface area contributed by atoms with Gasteiger partial charge in [-0.2, -0.15) is 0 Å². The number of hydrogen-bond acceptors (Lipinski definition) is 4. The Morgan fingerprint density at radius 2 is 1.69 bits per heavy atom. The summed E-state index contributed by atoms with van der Waals surface area (Å²) in [5.41, 5.74) is 7.96. The predicted octanol–water partition coefficient (Wildman–Crippen LogP) is 3.22. The van der Waals surface area contributed by atoms with Gasteiger partial charge < -0.3 is 15.4 Å². The van der Waals surface area contributed by atoms with Crippen LogP contribution >= 0.6 is 0 Å². The third-order valence-corrected chi connectivity index (χ3v) is 4.89. The van der Waals surface area contributed by atoms with Crippen LogP contribution in [0.2, 0.25) is 0 Å². The highest BCUT2D eigenvalue weighted by molar-refractivity contribution is 6.01. The number of amides is 1. The molecule has 0 saturated heterocycles. The molecule has 0 saturated carbocycles. The minimum atomic E-state index is -0.824. The lowest BCUT2D eigenvalue weighted by Gasteiger charge is -2.17. The van der Waals surface area contributed by atoms with E-state index < -0.39 is 5.91 Å². The number of aromatic nitrogens is 2. The van der Waals surface area contributed by atoms with Crippen LogP contribution in [0.1, 0.15) is 21.7 Å². The van der Waals surface area contributed by atoms with Crippen LogP contribution < -0.4 is 11.3 Å². The number of rotatable bonds is 4. The first-order chi connectivity index (χ1) is 14.0. The maximum Gasteiger partial charge on any atom is 0.271 e. The molecule has 0 fully saturated rings. The second-order valence-electron chi connectivity index (χ2n) is 6.82. The first kappa shape index (κ1) is 18.4. The van der Waals surface area contributed by atoms with E-state index in [1.165, 1.54) is 0 Å². The zero-order valence-corrected chi connectivity index (χ0v) is 15.8. The van der Waals surface area contributed by atoms with Crippen molar-refractivity contribution in [1.82, 2.24) is 9.55 Å². The lowest BCUT2D eigenvalue weighted by Crippen LogP contribution is -2.24. The SMILES string of the molecule is Cc1nc(C(N)=O)c(O)c2cc(-c3ccccc3)c(=O)n(Cc3ccccc3)c12. The van der Waals surface area contributed by atoms with Gasteiger partial charge in [-0.1, -0.05) is 60.7 Å². The Morgan fingerprint density at radius 3 is 2.31 bits per heavy atom. The first-order valence-electron chi connectivity index (χ1n) is 9.13. The zero-order chi connectivity index (χ0) is 20.5. The van der Waals surface area contributed by atoms with Gasteiger partial charge in [0, 0.05) is 10.9 Å². The van der Waals surface area contributed by atoms with Gasteiger partial charge in [0.1, 0.15) is 0 Å². The van der Waals surface area contributed by atoms with Gasteiger partial charge in [0.05, 0.1) is 17.8 Å². The molecule has 0 radical (unpaired) electrons. The maximum absolute atomic E-state index is 13.4. The average molecular weight is 385 g/mol. The molecule has 29 heavy (non-hydrogen) atoms. The maximum atomic E-state index is 13.4. The molecule has 2 aromatic heterocycles. The molecule has 0 aliphatic carbocycles. The fourth-order valence-corrected chi connectivity index (χ4v) is 3.55. The third-order valence-electron chi connectivity index (χ3n) is 4.89. The lowest BCUT2D eigenvalue weighted by atomic mass is 10.0. The molecule has 1 amide bonds. The van der Waals surface area contributed by atoms with Crippen LogP contribution in [0.25, 0.3) is 22.0 Å². The molecule has 4 aromatic rings. The molecule has 0 bridgehead atoms. The highest BCUT2D eigenvalue weighted by atomic mass is 16.3. The zero-order valence-electron chi connectivity index (χ0n) is 15.8. The van der Waals surface area contributed by atoms with E-state index in [9.17, 15) is 14.7 Å². The standard InChI is InChI=1S/C23H19N3O3/c1-14-20-18(21(27)19(25-14)22(24)28)12-17(16-10-6-3-7-11-16)23(29)26(20)13-15-8-4-2-5-9-15/h2-12,27H,13H2,1H3,(H2,24,28). The summed E-state index contributed by atoms with van der Waals surface area (Å²) in [6.07, 6.45) is 0. The van der Waals surface area contributed by atoms with E-state index in [1.807, 2.05) is 60.7 Å². The van der Waals surface area contributed by atoms with Crippen LogP contribution in [0, 0.1) is 6.92 Å². The van der Waals surface area contributed by atoms with E-state index >= 15 is 0 Å². The molecule has 6 nitrogen and oxygen atoms in total. The Kier molecular flexibility index (Phi) is 4.60. The third kappa shape index (κ3) is 3.25. The van der Waals surface area contributed by atoms with Gasteiger partial charge in [-0.25, -0.2) is 4.98 Å². The lowest BCUT2D eigenvalue weighted by molar-refractivity contribution is 0.0993.